The number of nitrogens with one attached hydrogen (secondary N) is 1. The summed E-state index contributed by atoms with van der Waals surface area (Å²) in [6, 6.07) is 22.5. The predicted octanol–water partition coefficient (Wildman–Crippen LogP) is 6.78. The van der Waals surface area contributed by atoms with Crippen LogP contribution in [0.5, 0.6) is 0 Å². The normalized spacial score (nSPS) is 15.5. The minimum atomic E-state index is -0.966. The Morgan fingerprint density at radius 1 is 0.913 bits per heavy atom. The van der Waals surface area contributed by atoms with Gasteiger partial charge in [0.2, 0.25) is 0 Å². The summed E-state index contributed by atoms with van der Waals surface area (Å²) in [4.78, 5) is 57.0. The number of ether oxygens (including phenoxy) is 2. The molecule has 0 saturated carbocycles. The maximum Gasteiger partial charge on any atom is 0.407 e. The van der Waals surface area contributed by atoms with Crippen molar-refractivity contribution in [2.45, 2.75) is 77.5 Å². The van der Waals surface area contributed by atoms with E-state index < -0.39 is 29.7 Å². The molecule has 0 aromatic heterocycles. The zero-order valence-electron chi connectivity index (χ0n) is 27.5. The van der Waals surface area contributed by atoms with E-state index in [1.807, 2.05) is 99.6 Å². The van der Waals surface area contributed by atoms with Gasteiger partial charge in [0.05, 0.1) is 30.3 Å². The number of hydrogen-bond donors (Lipinski definition) is 1. The van der Waals surface area contributed by atoms with Crippen LogP contribution in [0.4, 0.5) is 10.5 Å². The number of benzene rings is 3. The fourth-order valence-corrected chi connectivity index (χ4v) is 5.71. The lowest BCUT2D eigenvalue weighted by atomic mass is 9.95. The second-order valence-electron chi connectivity index (χ2n) is 12.4. The number of rotatable bonds is 12. The molecule has 0 aliphatic carbocycles. The van der Waals surface area contributed by atoms with E-state index >= 15 is 0 Å². The van der Waals surface area contributed by atoms with Crippen LogP contribution in [0, 0.1) is 0 Å². The number of carbonyl (C=O) groups is 4. The van der Waals surface area contributed by atoms with Crippen LogP contribution in [0.1, 0.15) is 92.5 Å². The Bertz CT molecular complexity index is 1500. The molecular weight excluding hydrogens is 582 g/mol. The number of nitrogens with zero attached hydrogens (tertiary/aromatic N) is 2. The van der Waals surface area contributed by atoms with Gasteiger partial charge in [-0.05, 0) is 75.8 Å². The number of carbonyl (C=O) groups excluding carboxylic acids is 4. The van der Waals surface area contributed by atoms with Crippen molar-refractivity contribution in [1.29, 1.82) is 0 Å². The van der Waals surface area contributed by atoms with Gasteiger partial charge in [0.15, 0.2) is 0 Å². The maximum atomic E-state index is 14.7. The number of hydrogen-bond acceptors (Lipinski definition) is 6. The summed E-state index contributed by atoms with van der Waals surface area (Å²) in [6.07, 6.45) is 2.71. The summed E-state index contributed by atoms with van der Waals surface area (Å²) in [5, 5.41) is 2.79. The summed E-state index contributed by atoms with van der Waals surface area (Å²) >= 11 is 0. The number of anilines is 1. The molecule has 2 unspecified atom stereocenters. The third-order valence-corrected chi connectivity index (χ3v) is 7.84. The second-order valence-corrected chi connectivity index (χ2v) is 12.4. The number of alkyl carbamates (subject to hydrolysis) is 1. The average Bonchev–Trinajstić information content (AvgIpc) is 3.10. The van der Waals surface area contributed by atoms with Crippen molar-refractivity contribution in [2.75, 3.05) is 25.1 Å². The minimum absolute atomic E-state index is 0.101. The van der Waals surface area contributed by atoms with Gasteiger partial charge in [0.25, 0.3) is 11.8 Å². The van der Waals surface area contributed by atoms with Gasteiger partial charge < -0.3 is 24.6 Å². The molecule has 0 fully saturated rings. The first-order valence-electron chi connectivity index (χ1n) is 16.0. The molecule has 1 aliphatic heterocycles. The molecule has 1 heterocycles. The van der Waals surface area contributed by atoms with Crippen molar-refractivity contribution >= 4 is 29.6 Å². The summed E-state index contributed by atoms with van der Waals surface area (Å²) in [7, 11) is 1.69. The lowest BCUT2D eigenvalue weighted by Crippen LogP contribution is -2.44. The van der Waals surface area contributed by atoms with Crippen molar-refractivity contribution in [3.8, 4) is 0 Å². The molecule has 1 N–H and O–H groups in total. The third-order valence-electron chi connectivity index (χ3n) is 7.84. The fraction of sp³-hybridized carbons (Fsp3) is 0.405. The van der Waals surface area contributed by atoms with Crippen molar-refractivity contribution in [1.82, 2.24) is 10.2 Å². The molecule has 0 bridgehead atoms. The van der Waals surface area contributed by atoms with E-state index in [2.05, 4.69) is 5.32 Å². The summed E-state index contributed by atoms with van der Waals surface area (Å²) < 4.78 is 10.6. The molecule has 3 aromatic rings. The van der Waals surface area contributed by atoms with E-state index in [9.17, 15) is 19.2 Å². The van der Waals surface area contributed by atoms with Gasteiger partial charge in [-0.1, -0.05) is 73.2 Å². The van der Waals surface area contributed by atoms with Gasteiger partial charge in [-0.25, -0.2) is 4.79 Å². The summed E-state index contributed by atoms with van der Waals surface area (Å²) in [5.41, 5.74) is 2.75. The molecule has 3 aromatic carbocycles. The molecule has 9 nitrogen and oxygen atoms in total. The van der Waals surface area contributed by atoms with Gasteiger partial charge in [0, 0.05) is 13.6 Å². The largest absolute Gasteiger partial charge is 0.466 e. The Balaban J connectivity index is 1.63. The van der Waals surface area contributed by atoms with E-state index in [0.29, 0.717) is 23.4 Å². The van der Waals surface area contributed by atoms with Crippen LogP contribution in [0.25, 0.3) is 0 Å². The Morgan fingerprint density at radius 3 is 2.24 bits per heavy atom. The zero-order valence-corrected chi connectivity index (χ0v) is 27.5. The highest BCUT2D eigenvalue weighted by atomic mass is 16.6. The quantitative estimate of drug-likeness (QED) is 0.175. The Morgan fingerprint density at radius 2 is 1.59 bits per heavy atom. The first-order chi connectivity index (χ1) is 22.0. The number of aryl methyl sites for hydroxylation is 1. The smallest absolute Gasteiger partial charge is 0.407 e. The van der Waals surface area contributed by atoms with Gasteiger partial charge in [-0.3, -0.25) is 14.4 Å². The van der Waals surface area contributed by atoms with E-state index in [1.54, 1.807) is 23.8 Å². The molecule has 3 amide bonds. The molecule has 2 atom stereocenters. The Labute approximate surface area is 271 Å². The number of fused-ring (bicyclic) bond motifs is 1. The van der Waals surface area contributed by atoms with Crippen LogP contribution in [0.3, 0.4) is 0 Å². The minimum Gasteiger partial charge on any atom is -0.466 e. The topological polar surface area (TPSA) is 105 Å². The van der Waals surface area contributed by atoms with Crippen LogP contribution >= 0.6 is 0 Å². The molecule has 9 heteroatoms. The number of esters is 1. The maximum absolute atomic E-state index is 14.7. The van der Waals surface area contributed by atoms with Crippen LogP contribution in [-0.4, -0.2) is 54.6 Å². The second kappa shape index (κ2) is 15.6. The van der Waals surface area contributed by atoms with Gasteiger partial charge >= 0.3 is 12.1 Å². The predicted molar refractivity (Wildman–Crippen MR) is 177 cm³/mol. The van der Waals surface area contributed by atoms with E-state index in [4.69, 9.17) is 9.47 Å². The third kappa shape index (κ3) is 8.74. The summed E-state index contributed by atoms with van der Waals surface area (Å²) in [6.45, 7) is 7.95. The number of likely N-dealkylation sites (N-methyl/N-ethyl adjacent to an activating group) is 1. The van der Waals surface area contributed by atoms with Gasteiger partial charge in [-0.2, -0.15) is 0 Å². The van der Waals surface area contributed by atoms with Crippen molar-refractivity contribution in [2.24, 2.45) is 0 Å². The van der Waals surface area contributed by atoms with Crippen molar-refractivity contribution in [3.63, 3.8) is 0 Å². The van der Waals surface area contributed by atoms with Crippen LogP contribution in [0.15, 0.2) is 78.9 Å². The molecule has 244 valence electrons. The van der Waals surface area contributed by atoms with Crippen LogP contribution in [0.2, 0.25) is 0 Å². The lowest BCUT2D eigenvalue weighted by molar-refractivity contribution is -0.145. The zero-order chi connectivity index (χ0) is 33.3. The number of unbranched alkanes of at least 4 members (excludes halogenated alkanes) is 2. The van der Waals surface area contributed by atoms with Crippen molar-refractivity contribution < 1.29 is 28.7 Å². The van der Waals surface area contributed by atoms with Gasteiger partial charge in [0.1, 0.15) is 11.6 Å². The highest BCUT2D eigenvalue weighted by Gasteiger charge is 2.43. The average molecular weight is 628 g/mol. The standard InChI is InChI=1S/C37H45N3O6/c1-6-45-32(41)25-31(27-17-11-7-12-18-27)40-33(28-19-13-8-14-20-28)35(43)39(5)30-22-21-26(24-29(30)34(40)42)16-10-9-15-23-38-36(44)46-37(2,3)4/h7-8,11-14,17-22,24,31,33H,6,9-10,15-16,23,25H2,1-5H3,(H,38,44). The van der Waals surface area contributed by atoms with Crippen molar-refractivity contribution in [3.05, 3.63) is 101 Å². The Hall–Kier alpha value is -4.66. The molecule has 4 rings (SSSR count). The van der Waals surface area contributed by atoms with Crippen LogP contribution < -0.4 is 10.2 Å². The molecule has 0 radical (unpaired) electrons. The Kier molecular flexibility index (Phi) is 11.6. The van der Waals surface area contributed by atoms with E-state index in [1.165, 1.54) is 0 Å². The first-order valence-corrected chi connectivity index (χ1v) is 16.0. The van der Waals surface area contributed by atoms with Gasteiger partial charge in [-0.15, -0.1) is 0 Å². The lowest BCUT2D eigenvalue weighted by Gasteiger charge is -2.37. The molecular formula is C37H45N3O6. The molecule has 0 spiro atoms. The number of amides is 3. The monoisotopic (exact) mass is 627 g/mol. The SMILES string of the molecule is CCOC(=O)CC(c1ccccc1)N1C(=O)c2cc(CCCCCNC(=O)OC(C)(C)C)ccc2N(C)C(=O)C1c1ccccc1. The van der Waals surface area contributed by atoms with E-state index in [0.717, 1.165) is 36.8 Å². The molecule has 0 saturated heterocycles. The van der Waals surface area contributed by atoms with E-state index in [-0.39, 0.29) is 24.8 Å². The molecule has 1 aliphatic rings. The first kappa shape index (κ1) is 34.2. The fourth-order valence-electron chi connectivity index (χ4n) is 5.71. The van der Waals surface area contributed by atoms with Crippen LogP contribution in [-0.2, 0) is 25.5 Å². The highest BCUT2D eigenvalue weighted by molar-refractivity contribution is 6.11. The molecule has 46 heavy (non-hydrogen) atoms. The highest BCUT2D eigenvalue weighted by Crippen LogP contribution is 2.41. The summed E-state index contributed by atoms with van der Waals surface area (Å²) in [5.74, 6) is -1.05.